The van der Waals surface area contributed by atoms with E-state index in [1.165, 1.54) is 19.4 Å². The van der Waals surface area contributed by atoms with Gasteiger partial charge in [-0.05, 0) is 12.5 Å². The second-order valence-corrected chi connectivity index (χ2v) is 4.45. The molecule has 0 amide bonds. The quantitative estimate of drug-likeness (QED) is 0.805. The Kier molecular flexibility index (Phi) is 4.36. The first-order valence-electron chi connectivity index (χ1n) is 6.32. The summed E-state index contributed by atoms with van der Waals surface area (Å²) in [6.45, 7) is 7.83. The summed E-state index contributed by atoms with van der Waals surface area (Å²) < 4.78 is 2.02. The molecule has 2 heterocycles. The van der Waals surface area contributed by atoms with Gasteiger partial charge in [0.1, 0.15) is 0 Å². The van der Waals surface area contributed by atoms with Crippen molar-refractivity contribution in [3.63, 3.8) is 0 Å². The van der Waals surface area contributed by atoms with Crippen molar-refractivity contribution < 1.29 is 0 Å². The van der Waals surface area contributed by atoms with Crippen LogP contribution in [0.1, 0.15) is 19.8 Å². The third-order valence-corrected chi connectivity index (χ3v) is 3.27. The molecule has 2 rings (SSSR count). The zero-order valence-electron chi connectivity index (χ0n) is 10.1. The van der Waals surface area contributed by atoms with Crippen molar-refractivity contribution >= 4 is 0 Å². The minimum absolute atomic E-state index is 0.717. The molecule has 4 heteroatoms. The SMILES string of the molecule is CCCC1CNCCN1CCn1cccn1. The Bertz CT molecular complexity index is 281. The summed E-state index contributed by atoms with van der Waals surface area (Å²) in [6.07, 6.45) is 6.45. The second-order valence-electron chi connectivity index (χ2n) is 4.45. The zero-order chi connectivity index (χ0) is 11.2. The molecule has 0 bridgehead atoms. The molecule has 0 aromatic carbocycles. The molecule has 1 aromatic rings. The van der Waals surface area contributed by atoms with E-state index < -0.39 is 0 Å². The first-order chi connectivity index (χ1) is 7.90. The average Bonchev–Trinajstić information content (AvgIpc) is 2.81. The number of hydrogen-bond acceptors (Lipinski definition) is 3. The highest BCUT2D eigenvalue weighted by atomic mass is 15.3. The van der Waals surface area contributed by atoms with E-state index in [1.54, 1.807) is 0 Å². The first kappa shape index (κ1) is 11.6. The summed E-state index contributed by atoms with van der Waals surface area (Å²) in [4.78, 5) is 2.60. The lowest BCUT2D eigenvalue weighted by Crippen LogP contribution is -2.51. The molecule has 0 saturated carbocycles. The van der Waals surface area contributed by atoms with Crippen molar-refractivity contribution in [2.24, 2.45) is 0 Å². The van der Waals surface area contributed by atoms with Crippen LogP contribution in [0.3, 0.4) is 0 Å². The van der Waals surface area contributed by atoms with Gasteiger partial charge in [-0.15, -0.1) is 0 Å². The van der Waals surface area contributed by atoms with E-state index in [9.17, 15) is 0 Å². The Morgan fingerprint density at radius 3 is 3.12 bits per heavy atom. The molecule has 0 spiro atoms. The summed E-state index contributed by atoms with van der Waals surface area (Å²) in [5.74, 6) is 0. The molecule has 1 unspecified atom stereocenters. The molecule has 90 valence electrons. The van der Waals surface area contributed by atoms with Gasteiger partial charge in [-0.25, -0.2) is 0 Å². The Hall–Kier alpha value is -0.870. The average molecular weight is 222 g/mol. The van der Waals surface area contributed by atoms with Crippen LogP contribution in [0.2, 0.25) is 0 Å². The zero-order valence-corrected chi connectivity index (χ0v) is 10.1. The predicted octanol–water partition coefficient (Wildman–Crippen LogP) is 0.957. The van der Waals surface area contributed by atoms with Gasteiger partial charge in [0.25, 0.3) is 0 Å². The summed E-state index contributed by atoms with van der Waals surface area (Å²) in [5, 5.41) is 7.72. The van der Waals surface area contributed by atoms with E-state index in [2.05, 4.69) is 22.2 Å². The van der Waals surface area contributed by atoms with Crippen molar-refractivity contribution in [2.75, 3.05) is 26.2 Å². The molecular formula is C12H22N4. The lowest BCUT2D eigenvalue weighted by atomic mass is 10.1. The fourth-order valence-corrected chi connectivity index (χ4v) is 2.38. The van der Waals surface area contributed by atoms with E-state index in [4.69, 9.17) is 0 Å². The smallest absolute Gasteiger partial charge is 0.0536 e. The van der Waals surface area contributed by atoms with E-state index in [1.807, 2.05) is 23.1 Å². The fraction of sp³-hybridized carbons (Fsp3) is 0.750. The van der Waals surface area contributed by atoms with Crippen molar-refractivity contribution in [3.8, 4) is 0 Å². The predicted molar refractivity (Wildman–Crippen MR) is 65.4 cm³/mol. The summed E-state index contributed by atoms with van der Waals surface area (Å²) in [7, 11) is 0. The fourth-order valence-electron chi connectivity index (χ4n) is 2.38. The number of aromatic nitrogens is 2. The summed E-state index contributed by atoms with van der Waals surface area (Å²) in [6, 6.07) is 2.70. The van der Waals surface area contributed by atoms with E-state index in [0.29, 0.717) is 6.04 Å². The van der Waals surface area contributed by atoms with Gasteiger partial charge in [-0.3, -0.25) is 9.58 Å². The third-order valence-electron chi connectivity index (χ3n) is 3.27. The number of hydrogen-bond donors (Lipinski definition) is 1. The maximum atomic E-state index is 4.25. The monoisotopic (exact) mass is 222 g/mol. The van der Waals surface area contributed by atoms with Crippen molar-refractivity contribution in [2.45, 2.75) is 32.4 Å². The highest BCUT2D eigenvalue weighted by Crippen LogP contribution is 2.09. The summed E-state index contributed by atoms with van der Waals surface area (Å²) in [5.41, 5.74) is 0. The van der Waals surface area contributed by atoms with Crippen molar-refractivity contribution in [1.82, 2.24) is 20.0 Å². The lowest BCUT2D eigenvalue weighted by molar-refractivity contribution is 0.145. The maximum Gasteiger partial charge on any atom is 0.0536 e. The highest BCUT2D eigenvalue weighted by Gasteiger charge is 2.20. The molecule has 1 atom stereocenters. The number of nitrogens with one attached hydrogen (secondary N) is 1. The van der Waals surface area contributed by atoms with Crippen LogP contribution in [0.25, 0.3) is 0 Å². The van der Waals surface area contributed by atoms with Crippen LogP contribution < -0.4 is 5.32 Å². The van der Waals surface area contributed by atoms with Crippen LogP contribution in [0.5, 0.6) is 0 Å². The van der Waals surface area contributed by atoms with Gasteiger partial charge in [0.2, 0.25) is 0 Å². The number of piperazine rings is 1. The second kappa shape index (κ2) is 6.01. The molecule has 1 saturated heterocycles. The van der Waals surface area contributed by atoms with Crippen LogP contribution in [0.15, 0.2) is 18.5 Å². The third kappa shape index (κ3) is 3.06. The van der Waals surface area contributed by atoms with Gasteiger partial charge in [-0.1, -0.05) is 13.3 Å². The minimum Gasteiger partial charge on any atom is -0.314 e. The molecular weight excluding hydrogens is 200 g/mol. The van der Waals surface area contributed by atoms with Crippen LogP contribution >= 0.6 is 0 Å². The van der Waals surface area contributed by atoms with Crippen molar-refractivity contribution in [3.05, 3.63) is 18.5 Å². The van der Waals surface area contributed by atoms with E-state index in [0.717, 1.165) is 26.2 Å². The summed E-state index contributed by atoms with van der Waals surface area (Å²) >= 11 is 0. The van der Waals surface area contributed by atoms with Gasteiger partial charge in [0, 0.05) is 44.6 Å². The van der Waals surface area contributed by atoms with E-state index in [-0.39, 0.29) is 0 Å². The molecule has 16 heavy (non-hydrogen) atoms. The molecule has 1 aliphatic heterocycles. The largest absolute Gasteiger partial charge is 0.314 e. The molecule has 4 nitrogen and oxygen atoms in total. The molecule has 0 aliphatic carbocycles. The van der Waals surface area contributed by atoms with Crippen LogP contribution in [-0.4, -0.2) is 46.9 Å². The normalized spacial score (nSPS) is 22.4. The van der Waals surface area contributed by atoms with Crippen LogP contribution in [0.4, 0.5) is 0 Å². The minimum atomic E-state index is 0.717. The van der Waals surface area contributed by atoms with Gasteiger partial charge >= 0.3 is 0 Å². The molecule has 1 aliphatic rings. The molecule has 1 aromatic heterocycles. The Balaban J connectivity index is 1.81. The van der Waals surface area contributed by atoms with E-state index >= 15 is 0 Å². The Labute approximate surface area is 97.6 Å². The topological polar surface area (TPSA) is 33.1 Å². The van der Waals surface area contributed by atoms with Gasteiger partial charge in [0.05, 0.1) is 6.54 Å². The molecule has 1 N–H and O–H groups in total. The van der Waals surface area contributed by atoms with Crippen molar-refractivity contribution in [1.29, 1.82) is 0 Å². The molecule has 1 fully saturated rings. The van der Waals surface area contributed by atoms with Gasteiger partial charge in [0.15, 0.2) is 0 Å². The first-order valence-corrected chi connectivity index (χ1v) is 6.32. The standard InChI is InChI=1S/C12H22N4/c1-2-4-12-11-13-6-8-15(12)9-10-16-7-3-5-14-16/h3,5,7,12-13H,2,4,6,8-11H2,1H3. The van der Waals surface area contributed by atoms with Crippen LogP contribution in [-0.2, 0) is 6.54 Å². The lowest BCUT2D eigenvalue weighted by Gasteiger charge is -2.36. The number of rotatable bonds is 5. The van der Waals surface area contributed by atoms with Gasteiger partial charge < -0.3 is 5.32 Å². The van der Waals surface area contributed by atoms with Gasteiger partial charge in [-0.2, -0.15) is 5.10 Å². The van der Waals surface area contributed by atoms with Crippen LogP contribution in [0, 0.1) is 0 Å². The Morgan fingerprint density at radius 1 is 1.44 bits per heavy atom. The Morgan fingerprint density at radius 2 is 2.38 bits per heavy atom. The molecule has 0 radical (unpaired) electrons. The number of nitrogens with zero attached hydrogens (tertiary/aromatic N) is 3. The maximum absolute atomic E-state index is 4.25. The highest BCUT2D eigenvalue weighted by molar-refractivity contribution is 4.81.